The molecule has 0 amide bonds. The molecule has 0 aliphatic rings. The number of halogens is 2. The minimum atomic E-state index is 0.525. The van der Waals surface area contributed by atoms with Crippen LogP contribution in [0.2, 0.25) is 0 Å². The van der Waals surface area contributed by atoms with Gasteiger partial charge in [-0.25, -0.2) is 0 Å². The van der Waals surface area contributed by atoms with E-state index in [9.17, 15) is 0 Å². The zero-order valence-electron chi connectivity index (χ0n) is 6.14. The topological polar surface area (TPSA) is 0 Å². The van der Waals surface area contributed by atoms with Crippen LogP contribution in [-0.2, 0) is 0 Å². The highest BCUT2D eigenvalue weighted by Gasteiger charge is 2.04. The Morgan fingerprint density at radius 1 is 1.00 bits per heavy atom. The average Bonchev–Trinajstić information content (AvgIpc) is 1.99. The molecule has 0 aromatic heterocycles. The Hall–Kier alpha value is 1.28. The van der Waals surface area contributed by atoms with Crippen molar-refractivity contribution < 1.29 is 0 Å². The lowest BCUT2D eigenvalue weighted by Crippen LogP contribution is -1.99. The molecule has 0 bridgehead atoms. The predicted octanol–water partition coefficient (Wildman–Crippen LogP) is 3.62. The van der Waals surface area contributed by atoms with E-state index < -0.39 is 0 Å². The van der Waals surface area contributed by atoms with Crippen LogP contribution in [0.3, 0.4) is 0 Å². The lowest BCUT2D eigenvalue weighted by Gasteiger charge is -2.09. The van der Waals surface area contributed by atoms with Gasteiger partial charge in [0.2, 0.25) is 0 Å². The number of alkyl halides is 2. The van der Waals surface area contributed by atoms with Crippen LogP contribution in [0.1, 0.15) is 13.8 Å². The normalized spacial score (nSPS) is 16.8. The number of hydrogen-bond donors (Lipinski definition) is 0. The molecular formula is C6H12Cl2S2. The predicted molar refractivity (Wildman–Crippen MR) is 55.5 cm³/mol. The second-order valence-electron chi connectivity index (χ2n) is 2.12. The highest BCUT2D eigenvalue weighted by molar-refractivity contribution is 8.77. The van der Waals surface area contributed by atoms with Crippen LogP contribution >= 0.6 is 44.8 Å². The summed E-state index contributed by atoms with van der Waals surface area (Å²) in [5, 5.41) is 1.05. The summed E-state index contributed by atoms with van der Waals surface area (Å²) in [5.74, 6) is 1.43. The van der Waals surface area contributed by atoms with Crippen LogP contribution < -0.4 is 0 Å². The SMILES string of the molecule is CC(CCl)SSC(C)CCl. The Morgan fingerprint density at radius 3 is 1.50 bits per heavy atom. The molecule has 0 aromatic rings. The van der Waals surface area contributed by atoms with E-state index in [1.54, 1.807) is 0 Å². The molecular weight excluding hydrogens is 207 g/mol. The molecule has 0 aromatic carbocycles. The van der Waals surface area contributed by atoms with E-state index in [4.69, 9.17) is 23.2 Å². The van der Waals surface area contributed by atoms with Gasteiger partial charge >= 0.3 is 0 Å². The first-order chi connectivity index (χ1) is 4.70. The summed E-state index contributed by atoms with van der Waals surface area (Å²) in [6.07, 6.45) is 0. The molecule has 62 valence electrons. The standard InChI is InChI=1S/C6H12Cl2S2/c1-5(3-7)9-10-6(2)4-8/h5-6H,3-4H2,1-2H3. The van der Waals surface area contributed by atoms with Gasteiger partial charge in [-0.05, 0) is 0 Å². The monoisotopic (exact) mass is 218 g/mol. The minimum Gasteiger partial charge on any atom is -0.125 e. The number of rotatable bonds is 5. The first kappa shape index (κ1) is 11.3. The van der Waals surface area contributed by atoms with Crippen molar-refractivity contribution in [2.24, 2.45) is 0 Å². The van der Waals surface area contributed by atoms with Crippen molar-refractivity contribution in [2.45, 2.75) is 24.3 Å². The van der Waals surface area contributed by atoms with Gasteiger partial charge in [0.1, 0.15) is 0 Å². The fourth-order valence-corrected chi connectivity index (χ4v) is 3.10. The van der Waals surface area contributed by atoms with E-state index in [2.05, 4.69) is 13.8 Å². The van der Waals surface area contributed by atoms with E-state index in [0.29, 0.717) is 22.3 Å². The fraction of sp³-hybridized carbons (Fsp3) is 1.00. The number of hydrogen-bond acceptors (Lipinski definition) is 2. The first-order valence-electron chi connectivity index (χ1n) is 3.14. The van der Waals surface area contributed by atoms with E-state index in [-0.39, 0.29) is 0 Å². The largest absolute Gasteiger partial charge is 0.125 e. The van der Waals surface area contributed by atoms with Crippen molar-refractivity contribution in [3.63, 3.8) is 0 Å². The summed E-state index contributed by atoms with van der Waals surface area (Å²) >= 11 is 11.2. The molecule has 0 saturated carbocycles. The summed E-state index contributed by atoms with van der Waals surface area (Å²) in [6.45, 7) is 4.23. The Balaban J connectivity index is 3.17. The fourth-order valence-electron chi connectivity index (χ4n) is 0.241. The molecule has 2 atom stereocenters. The van der Waals surface area contributed by atoms with Crippen molar-refractivity contribution in [3.8, 4) is 0 Å². The zero-order chi connectivity index (χ0) is 7.98. The van der Waals surface area contributed by atoms with Gasteiger partial charge in [0, 0.05) is 22.3 Å². The summed E-state index contributed by atoms with van der Waals surface area (Å²) in [5.41, 5.74) is 0. The molecule has 0 heterocycles. The van der Waals surface area contributed by atoms with Gasteiger partial charge in [-0.2, -0.15) is 0 Å². The summed E-state index contributed by atoms with van der Waals surface area (Å²) < 4.78 is 0. The maximum absolute atomic E-state index is 5.61. The molecule has 0 nitrogen and oxygen atoms in total. The summed E-state index contributed by atoms with van der Waals surface area (Å²) in [6, 6.07) is 0. The van der Waals surface area contributed by atoms with Crippen molar-refractivity contribution in [1.29, 1.82) is 0 Å². The average molecular weight is 219 g/mol. The third-order valence-electron chi connectivity index (χ3n) is 0.819. The molecule has 0 spiro atoms. The second-order valence-corrected chi connectivity index (χ2v) is 5.89. The Kier molecular flexibility index (Phi) is 7.85. The lowest BCUT2D eigenvalue weighted by molar-refractivity contribution is 1.12. The van der Waals surface area contributed by atoms with Gasteiger partial charge in [-0.1, -0.05) is 35.4 Å². The zero-order valence-corrected chi connectivity index (χ0v) is 9.29. The molecule has 0 rings (SSSR count). The van der Waals surface area contributed by atoms with Crippen LogP contribution in [-0.4, -0.2) is 22.3 Å². The van der Waals surface area contributed by atoms with Gasteiger partial charge in [-0.3, -0.25) is 0 Å². The molecule has 0 aliphatic heterocycles. The van der Waals surface area contributed by atoms with Crippen molar-refractivity contribution >= 4 is 44.8 Å². The summed E-state index contributed by atoms with van der Waals surface area (Å²) in [7, 11) is 3.62. The maximum atomic E-state index is 5.61. The van der Waals surface area contributed by atoms with Gasteiger partial charge in [0.15, 0.2) is 0 Å². The Morgan fingerprint density at radius 2 is 1.30 bits per heavy atom. The van der Waals surface area contributed by atoms with Crippen molar-refractivity contribution in [2.75, 3.05) is 11.8 Å². The molecule has 4 heteroatoms. The van der Waals surface area contributed by atoms with Gasteiger partial charge in [0.05, 0.1) is 0 Å². The van der Waals surface area contributed by atoms with E-state index in [0.717, 1.165) is 0 Å². The molecule has 0 fully saturated rings. The Labute approximate surface area is 80.8 Å². The van der Waals surface area contributed by atoms with Crippen LogP contribution in [0.5, 0.6) is 0 Å². The third-order valence-corrected chi connectivity index (χ3v) is 5.52. The van der Waals surface area contributed by atoms with Crippen molar-refractivity contribution in [1.82, 2.24) is 0 Å². The molecule has 2 unspecified atom stereocenters. The van der Waals surface area contributed by atoms with Crippen LogP contribution in [0.4, 0.5) is 0 Å². The summed E-state index contributed by atoms with van der Waals surface area (Å²) in [4.78, 5) is 0. The second kappa shape index (κ2) is 6.96. The highest BCUT2D eigenvalue weighted by atomic mass is 35.5. The van der Waals surface area contributed by atoms with Crippen molar-refractivity contribution in [3.05, 3.63) is 0 Å². The van der Waals surface area contributed by atoms with Gasteiger partial charge in [-0.15, -0.1) is 23.2 Å². The molecule has 0 N–H and O–H groups in total. The Bertz CT molecular complexity index is 70.1. The molecule has 10 heavy (non-hydrogen) atoms. The van der Waals surface area contributed by atoms with Crippen LogP contribution in [0, 0.1) is 0 Å². The molecule has 0 radical (unpaired) electrons. The van der Waals surface area contributed by atoms with E-state index in [1.165, 1.54) is 0 Å². The quantitative estimate of drug-likeness (QED) is 0.511. The minimum absolute atomic E-state index is 0.525. The highest BCUT2D eigenvalue weighted by Crippen LogP contribution is 2.31. The molecule has 0 aliphatic carbocycles. The molecule has 0 saturated heterocycles. The lowest BCUT2D eigenvalue weighted by atomic mass is 10.6. The third kappa shape index (κ3) is 6.02. The van der Waals surface area contributed by atoms with E-state index >= 15 is 0 Å². The van der Waals surface area contributed by atoms with E-state index in [1.807, 2.05) is 21.6 Å². The van der Waals surface area contributed by atoms with Crippen LogP contribution in [0.25, 0.3) is 0 Å². The van der Waals surface area contributed by atoms with Crippen LogP contribution in [0.15, 0.2) is 0 Å². The van der Waals surface area contributed by atoms with Gasteiger partial charge in [0.25, 0.3) is 0 Å². The van der Waals surface area contributed by atoms with Gasteiger partial charge < -0.3 is 0 Å². The smallest absolute Gasteiger partial charge is 0.0348 e. The maximum Gasteiger partial charge on any atom is 0.0348 e. The first-order valence-corrected chi connectivity index (χ1v) is 6.49.